The van der Waals surface area contributed by atoms with Gasteiger partial charge in [0, 0.05) is 24.7 Å². The van der Waals surface area contributed by atoms with Crippen molar-refractivity contribution in [1.82, 2.24) is 20.4 Å². The van der Waals surface area contributed by atoms with Gasteiger partial charge in [-0.3, -0.25) is 19.6 Å². The van der Waals surface area contributed by atoms with Crippen molar-refractivity contribution in [3.63, 3.8) is 0 Å². The Hall–Kier alpha value is -3.55. The number of anilines is 1. The highest BCUT2D eigenvalue weighted by atomic mass is 16.5. The fourth-order valence-corrected chi connectivity index (χ4v) is 2.08. The summed E-state index contributed by atoms with van der Waals surface area (Å²) < 4.78 is 4.89. The number of pyridine rings is 2. The highest BCUT2D eigenvalue weighted by Crippen LogP contribution is 2.10. The average Bonchev–Trinajstić information content (AvgIpc) is 3.05. The molecule has 0 atom stereocenters. The van der Waals surface area contributed by atoms with Crippen molar-refractivity contribution in [3.8, 4) is 0 Å². The van der Waals surface area contributed by atoms with Gasteiger partial charge < -0.3 is 15.2 Å². The van der Waals surface area contributed by atoms with Crippen LogP contribution in [0.15, 0.2) is 53.4 Å². The van der Waals surface area contributed by atoms with Crippen molar-refractivity contribution >= 4 is 17.6 Å². The van der Waals surface area contributed by atoms with Crippen LogP contribution in [-0.4, -0.2) is 26.9 Å². The molecule has 25 heavy (non-hydrogen) atoms. The number of aryl methyl sites for hydroxylation is 1. The Bertz CT molecular complexity index is 892. The fourth-order valence-electron chi connectivity index (χ4n) is 2.08. The molecule has 0 unspecified atom stereocenters. The van der Waals surface area contributed by atoms with E-state index in [1.807, 2.05) is 12.1 Å². The Labute approximate surface area is 143 Å². The van der Waals surface area contributed by atoms with Crippen LogP contribution < -0.4 is 10.6 Å². The lowest BCUT2D eigenvalue weighted by Gasteiger charge is -2.06. The number of aromatic nitrogens is 3. The van der Waals surface area contributed by atoms with E-state index in [1.54, 1.807) is 25.3 Å². The standard InChI is InChI=1S/C17H15N5O3/c1-11-6-15(22-25-11)21-17(24)13-7-12(8-18-9-13)16(23)20-10-14-4-2-3-5-19-14/h2-9H,10H2,1H3,(H,20,23)(H,21,22,24). The van der Waals surface area contributed by atoms with E-state index >= 15 is 0 Å². The highest BCUT2D eigenvalue weighted by Gasteiger charge is 2.13. The Morgan fingerprint density at radius 2 is 1.92 bits per heavy atom. The third-order valence-electron chi connectivity index (χ3n) is 3.29. The van der Waals surface area contributed by atoms with E-state index in [2.05, 4.69) is 25.8 Å². The predicted octanol–water partition coefficient (Wildman–Crippen LogP) is 1.96. The molecule has 126 valence electrons. The largest absolute Gasteiger partial charge is 0.360 e. The van der Waals surface area contributed by atoms with E-state index in [0.717, 1.165) is 5.69 Å². The van der Waals surface area contributed by atoms with Gasteiger partial charge in [-0.1, -0.05) is 11.2 Å². The first-order valence-electron chi connectivity index (χ1n) is 7.49. The third kappa shape index (κ3) is 4.25. The minimum absolute atomic E-state index is 0.242. The Balaban J connectivity index is 1.66. The molecule has 2 amide bonds. The van der Waals surface area contributed by atoms with Crippen molar-refractivity contribution < 1.29 is 14.1 Å². The quantitative estimate of drug-likeness (QED) is 0.736. The summed E-state index contributed by atoms with van der Waals surface area (Å²) in [5, 5.41) is 9.00. The van der Waals surface area contributed by atoms with Crippen molar-refractivity contribution in [1.29, 1.82) is 0 Å². The number of amides is 2. The van der Waals surface area contributed by atoms with Crippen LogP contribution in [0.2, 0.25) is 0 Å². The van der Waals surface area contributed by atoms with Gasteiger partial charge in [-0.05, 0) is 25.1 Å². The van der Waals surface area contributed by atoms with E-state index in [0.29, 0.717) is 11.6 Å². The van der Waals surface area contributed by atoms with Gasteiger partial charge >= 0.3 is 0 Å². The molecule has 0 saturated carbocycles. The van der Waals surface area contributed by atoms with Crippen LogP contribution in [0.3, 0.4) is 0 Å². The molecule has 0 aliphatic heterocycles. The van der Waals surface area contributed by atoms with Gasteiger partial charge in [0.25, 0.3) is 11.8 Å². The maximum atomic E-state index is 12.2. The smallest absolute Gasteiger partial charge is 0.258 e. The van der Waals surface area contributed by atoms with Crippen LogP contribution in [0.25, 0.3) is 0 Å². The maximum Gasteiger partial charge on any atom is 0.258 e. The summed E-state index contributed by atoms with van der Waals surface area (Å²) in [4.78, 5) is 32.5. The number of hydrogen-bond acceptors (Lipinski definition) is 6. The van der Waals surface area contributed by atoms with Crippen LogP contribution in [0.5, 0.6) is 0 Å². The molecular weight excluding hydrogens is 322 g/mol. The summed E-state index contributed by atoms with van der Waals surface area (Å²) in [6.45, 7) is 2.01. The van der Waals surface area contributed by atoms with Gasteiger partial charge in [0.1, 0.15) is 5.76 Å². The van der Waals surface area contributed by atoms with Gasteiger partial charge in [0.05, 0.1) is 23.4 Å². The molecule has 3 rings (SSSR count). The van der Waals surface area contributed by atoms with Gasteiger partial charge in [0.2, 0.25) is 0 Å². The van der Waals surface area contributed by atoms with Crippen LogP contribution in [0.1, 0.15) is 32.2 Å². The van der Waals surface area contributed by atoms with E-state index in [9.17, 15) is 9.59 Å². The number of nitrogens with zero attached hydrogens (tertiary/aromatic N) is 3. The molecule has 0 saturated heterocycles. The molecule has 0 aliphatic rings. The number of rotatable bonds is 5. The Morgan fingerprint density at radius 1 is 1.12 bits per heavy atom. The van der Waals surface area contributed by atoms with E-state index in [1.165, 1.54) is 18.5 Å². The van der Waals surface area contributed by atoms with Crippen molar-refractivity contribution in [2.75, 3.05) is 5.32 Å². The number of hydrogen-bond donors (Lipinski definition) is 2. The zero-order valence-corrected chi connectivity index (χ0v) is 13.4. The minimum atomic E-state index is -0.430. The molecule has 0 bridgehead atoms. The normalized spacial score (nSPS) is 10.3. The van der Waals surface area contributed by atoms with E-state index < -0.39 is 5.91 Å². The molecule has 3 aromatic rings. The van der Waals surface area contributed by atoms with Crippen molar-refractivity contribution in [3.05, 3.63) is 71.5 Å². The summed E-state index contributed by atoms with van der Waals surface area (Å²) >= 11 is 0. The molecule has 0 aromatic carbocycles. The molecule has 0 aliphatic carbocycles. The lowest BCUT2D eigenvalue weighted by molar-refractivity contribution is 0.0950. The summed E-state index contributed by atoms with van der Waals surface area (Å²) in [6, 6.07) is 8.50. The lowest BCUT2D eigenvalue weighted by atomic mass is 10.2. The predicted molar refractivity (Wildman–Crippen MR) is 88.8 cm³/mol. The number of nitrogens with one attached hydrogen (secondary N) is 2. The van der Waals surface area contributed by atoms with Crippen LogP contribution >= 0.6 is 0 Å². The first-order chi connectivity index (χ1) is 12.1. The monoisotopic (exact) mass is 337 g/mol. The first kappa shape index (κ1) is 16.3. The SMILES string of the molecule is Cc1cc(NC(=O)c2cncc(C(=O)NCc3ccccn3)c2)no1. The second kappa shape index (κ2) is 7.35. The molecule has 0 spiro atoms. The molecule has 3 aromatic heterocycles. The molecule has 8 nitrogen and oxygen atoms in total. The summed E-state index contributed by atoms with van der Waals surface area (Å²) in [7, 11) is 0. The van der Waals surface area contributed by atoms with E-state index in [-0.39, 0.29) is 23.6 Å². The van der Waals surface area contributed by atoms with Crippen molar-refractivity contribution in [2.24, 2.45) is 0 Å². The zero-order chi connectivity index (χ0) is 17.6. The van der Waals surface area contributed by atoms with Crippen LogP contribution in [0.4, 0.5) is 5.82 Å². The number of carbonyl (C=O) groups is 2. The zero-order valence-electron chi connectivity index (χ0n) is 13.4. The number of carbonyl (C=O) groups excluding carboxylic acids is 2. The fraction of sp³-hybridized carbons (Fsp3) is 0.118. The second-order valence-corrected chi connectivity index (χ2v) is 5.24. The van der Waals surface area contributed by atoms with E-state index in [4.69, 9.17) is 4.52 Å². The molecule has 0 radical (unpaired) electrons. The van der Waals surface area contributed by atoms with Gasteiger partial charge in [-0.25, -0.2) is 0 Å². The first-order valence-corrected chi connectivity index (χ1v) is 7.49. The molecule has 8 heteroatoms. The van der Waals surface area contributed by atoms with Crippen molar-refractivity contribution in [2.45, 2.75) is 13.5 Å². The highest BCUT2D eigenvalue weighted by molar-refractivity contribution is 6.05. The lowest BCUT2D eigenvalue weighted by Crippen LogP contribution is -2.24. The van der Waals surface area contributed by atoms with Crippen LogP contribution in [0, 0.1) is 6.92 Å². The topological polar surface area (TPSA) is 110 Å². The average molecular weight is 337 g/mol. The van der Waals surface area contributed by atoms with Crippen LogP contribution in [-0.2, 0) is 6.54 Å². The Morgan fingerprint density at radius 3 is 2.60 bits per heavy atom. The minimum Gasteiger partial charge on any atom is -0.360 e. The third-order valence-corrected chi connectivity index (χ3v) is 3.29. The summed E-state index contributed by atoms with van der Waals surface area (Å²) in [6.07, 6.45) is 4.42. The Kier molecular flexibility index (Phi) is 4.79. The maximum absolute atomic E-state index is 12.2. The van der Waals surface area contributed by atoms with Gasteiger partial charge in [-0.2, -0.15) is 0 Å². The van der Waals surface area contributed by atoms with Gasteiger partial charge in [-0.15, -0.1) is 0 Å². The molecule has 0 fully saturated rings. The van der Waals surface area contributed by atoms with Gasteiger partial charge in [0.15, 0.2) is 5.82 Å². The summed E-state index contributed by atoms with van der Waals surface area (Å²) in [5.41, 5.74) is 1.25. The molecule has 2 N–H and O–H groups in total. The molecule has 3 heterocycles. The molecular formula is C17H15N5O3. The second-order valence-electron chi connectivity index (χ2n) is 5.24. The summed E-state index contributed by atoms with van der Waals surface area (Å²) in [5.74, 6) is 0.105.